The van der Waals surface area contributed by atoms with Crippen LogP contribution in [0.25, 0.3) is 5.57 Å². The van der Waals surface area contributed by atoms with Crippen LogP contribution in [-0.2, 0) is 9.59 Å². The molecule has 0 aromatic heterocycles. The predicted molar refractivity (Wildman–Crippen MR) is 133 cm³/mol. The van der Waals surface area contributed by atoms with E-state index in [2.05, 4.69) is 5.32 Å². The highest BCUT2D eigenvalue weighted by Gasteiger charge is 2.41. The van der Waals surface area contributed by atoms with E-state index >= 15 is 0 Å². The number of nitrogens with zero attached hydrogens (tertiary/aromatic N) is 1. The lowest BCUT2D eigenvalue weighted by Gasteiger charge is -2.19. The van der Waals surface area contributed by atoms with E-state index in [4.69, 9.17) is 16.3 Å². The first-order valence-corrected chi connectivity index (χ1v) is 11.1. The largest absolute Gasteiger partial charge is 0.492 e. The highest BCUT2D eigenvalue weighted by Crippen LogP contribution is 2.38. The van der Waals surface area contributed by atoms with Crippen molar-refractivity contribution in [1.82, 2.24) is 0 Å². The Labute approximate surface area is 198 Å². The number of hydrogen-bond acceptors (Lipinski definition) is 4. The number of halogens is 1. The van der Waals surface area contributed by atoms with Gasteiger partial charge in [-0.1, -0.05) is 41.9 Å². The van der Waals surface area contributed by atoms with Crippen LogP contribution in [0.5, 0.6) is 5.75 Å². The minimum atomic E-state index is -0.435. The van der Waals surface area contributed by atoms with Gasteiger partial charge in [0.1, 0.15) is 11.4 Å². The second-order valence-electron chi connectivity index (χ2n) is 7.98. The summed E-state index contributed by atoms with van der Waals surface area (Å²) < 4.78 is 5.71. The molecule has 3 aromatic carbocycles. The number of rotatable bonds is 6. The number of ether oxygens (including phenoxy) is 1. The van der Waals surface area contributed by atoms with Crippen molar-refractivity contribution in [2.24, 2.45) is 0 Å². The predicted octanol–water partition coefficient (Wildman–Crippen LogP) is 6.06. The molecule has 3 aromatic rings. The fourth-order valence-electron chi connectivity index (χ4n) is 3.85. The number of hydrogen-bond donors (Lipinski definition) is 1. The fourth-order valence-corrected chi connectivity index (χ4v) is 4.08. The number of carbonyl (C=O) groups excluding carboxylic acids is 2. The number of amides is 2. The summed E-state index contributed by atoms with van der Waals surface area (Å²) in [6.45, 7) is 8.17. The van der Waals surface area contributed by atoms with Crippen molar-refractivity contribution in [1.29, 1.82) is 0 Å². The zero-order valence-corrected chi connectivity index (χ0v) is 19.8. The van der Waals surface area contributed by atoms with Gasteiger partial charge in [0.15, 0.2) is 0 Å². The van der Waals surface area contributed by atoms with Crippen molar-refractivity contribution in [2.45, 2.75) is 27.7 Å². The fraction of sp³-hybridized carbons (Fsp3) is 0.185. The van der Waals surface area contributed by atoms with E-state index in [-0.39, 0.29) is 5.70 Å². The average molecular weight is 461 g/mol. The lowest BCUT2D eigenvalue weighted by atomic mass is 9.99. The van der Waals surface area contributed by atoms with Gasteiger partial charge >= 0.3 is 0 Å². The van der Waals surface area contributed by atoms with Gasteiger partial charge in [0.05, 0.1) is 17.9 Å². The second-order valence-corrected chi connectivity index (χ2v) is 8.42. The molecule has 4 rings (SSSR count). The Morgan fingerprint density at radius 3 is 2.33 bits per heavy atom. The van der Waals surface area contributed by atoms with Crippen LogP contribution >= 0.6 is 11.6 Å². The molecule has 1 aliphatic heterocycles. The Morgan fingerprint density at radius 1 is 0.879 bits per heavy atom. The number of para-hydroxylation sites is 2. The lowest BCUT2D eigenvalue weighted by Crippen LogP contribution is -2.32. The number of carbonyl (C=O) groups is 2. The van der Waals surface area contributed by atoms with E-state index in [1.807, 2.05) is 58.0 Å². The minimum absolute atomic E-state index is 0.222. The van der Waals surface area contributed by atoms with Crippen LogP contribution in [0.1, 0.15) is 29.2 Å². The maximum absolute atomic E-state index is 13.7. The number of benzene rings is 3. The molecule has 0 saturated heterocycles. The zero-order valence-electron chi connectivity index (χ0n) is 19.0. The van der Waals surface area contributed by atoms with E-state index in [0.717, 1.165) is 16.7 Å². The van der Waals surface area contributed by atoms with Crippen LogP contribution in [0.15, 0.2) is 66.4 Å². The van der Waals surface area contributed by atoms with E-state index in [1.54, 1.807) is 30.3 Å². The number of anilines is 2. The Bertz CT molecular complexity index is 1300. The molecule has 33 heavy (non-hydrogen) atoms. The van der Waals surface area contributed by atoms with Gasteiger partial charge in [-0.15, -0.1) is 0 Å². The van der Waals surface area contributed by atoms with Gasteiger partial charge < -0.3 is 10.1 Å². The molecule has 1 aliphatic rings. The maximum atomic E-state index is 13.7. The molecule has 1 heterocycles. The molecule has 1 N–H and O–H groups in total. The number of imide groups is 1. The molecule has 0 radical (unpaired) electrons. The molecular formula is C27H25ClN2O3. The number of aryl methyl sites for hydroxylation is 3. The molecule has 0 atom stereocenters. The first-order valence-electron chi connectivity index (χ1n) is 10.8. The summed E-state index contributed by atoms with van der Waals surface area (Å²) in [5.41, 5.74) is 5.36. The standard InChI is InChI=1S/C27H25ClN2O3/c1-5-33-23-9-7-6-8-22(23)30-26(31)24(19-11-10-16(2)17(3)14-19)25(27(30)32)29-21-13-12-20(28)15-18(21)4/h6-15,29H,5H2,1-4H3. The Balaban J connectivity index is 1.87. The third-order valence-corrected chi connectivity index (χ3v) is 5.97. The van der Waals surface area contributed by atoms with Gasteiger partial charge in [0, 0.05) is 10.7 Å². The molecule has 0 spiro atoms. The summed E-state index contributed by atoms with van der Waals surface area (Å²) in [6, 6.07) is 18.2. The van der Waals surface area contributed by atoms with Crippen molar-refractivity contribution in [2.75, 3.05) is 16.8 Å². The Kier molecular flexibility index (Phi) is 6.25. The summed E-state index contributed by atoms with van der Waals surface area (Å²) >= 11 is 6.11. The Hall–Kier alpha value is -3.57. The normalized spacial score (nSPS) is 13.7. The topological polar surface area (TPSA) is 58.6 Å². The van der Waals surface area contributed by atoms with Crippen molar-refractivity contribution in [3.05, 3.63) is 93.6 Å². The first kappa shape index (κ1) is 22.6. The summed E-state index contributed by atoms with van der Waals surface area (Å²) in [5, 5.41) is 3.82. The van der Waals surface area contributed by atoms with Crippen LogP contribution < -0.4 is 15.0 Å². The van der Waals surface area contributed by atoms with Crippen molar-refractivity contribution < 1.29 is 14.3 Å². The van der Waals surface area contributed by atoms with E-state index in [0.29, 0.717) is 39.9 Å². The Morgan fingerprint density at radius 2 is 1.64 bits per heavy atom. The summed E-state index contributed by atoms with van der Waals surface area (Å²) in [5.74, 6) is -0.357. The first-order chi connectivity index (χ1) is 15.8. The van der Waals surface area contributed by atoms with Crippen LogP contribution in [0, 0.1) is 20.8 Å². The molecule has 0 fully saturated rings. The zero-order chi connectivity index (χ0) is 23.7. The van der Waals surface area contributed by atoms with Gasteiger partial charge in [-0.2, -0.15) is 0 Å². The number of nitrogens with one attached hydrogen (secondary N) is 1. The summed E-state index contributed by atoms with van der Waals surface area (Å²) in [4.78, 5) is 28.6. The highest BCUT2D eigenvalue weighted by atomic mass is 35.5. The van der Waals surface area contributed by atoms with Crippen molar-refractivity contribution in [3.8, 4) is 5.75 Å². The summed E-state index contributed by atoms with van der Waals surface area (Å²) in [6.07, 6.45) is 0. The molecular weight excluding hydrogens is 436 g/mol. The lowest BCUT2D eigenvalue weighted by molar-refractivity contribution is -0.120. The quantitative estimate of drug-likeness (QED) is 0.454. The third-order valence-electron chi connectivity index (χ3n) is 5.73. The van der Waals surface area contributed by atoms with Crippen LogP contribution in [-0.4, -0.2) is 18.4 Å². The average Bonchev–Trinajstić information content (AvgIpc) is 3.02. The third kappa shape index (κ3) is 4.24. The molecule has 0 aliphatic carbocycles. The van der Waals surface area contributed by atoms with E-state index in [9.17, 15) is 9.59 Å². The van der Waals surface area contributed by atoms with Gasteiger partial charge in [0.2, 0.25) is 0 Å². The van der Waals surface area contributed by atoms with Crippen LogP contribution in [0.3, 0.4) is 0 Å². The van der Waals surface area contributed by atoms with E-state index in [1.165, 1.54) is 4.90 Å². The van der Waals surface area contributed by atoms with Gasteiger partial charge in [-0.25, -0.2) is 4.90 Å². The molecule has 5 nitrogen and oxygen atoms in total. The molecule has 2 amide bonds. The van der Waals surface area contributed by atoms with E-state index < -0.39 is 11.8 Å². The second kappa shape index (κ2) is 9.12. The molecule has 168 valence electrons. The van der Waals surface area contributed by atoms with Gasteiger partial charge in [0.25, 0.3) is 11.8 Å². The summed E-state index contributed by atoms with van der Waals surface area (Å²) in [7, 11) is 0. The molecule has 0 unspecified atom stereocenters. The van der Waals surface area contributed by atoms with Crippen LogP contribution in [0.2, 0.25) is 5.02 Å². The van der Waals surface area contributed by atoms with Crippen molar-refractivity contribution >= 4 is 40.4 Å². The van der Waals surface area contributed by atoms with Gasteiger partial charge in [-0.05, 0) is 80.3 Å². The van der Waals surface area contributed by atoms with Gasteiger partial charge in [-0.3, -0.25) is 9.59 Å². The molecule has 0 bridgehead atoms. The van der Waals surface area contributed by atoms with Crippen LogP contribution in [0.4, 0.5) is 11.4 Å². The minimum Gasteiger partial charge on any atom is -0.492 e. The smallest absolute Gasteiger partial charge is 0.282 e. The van der Waals surface area contributed by atoms with Crippen molar-refractivity contribution in [3.63, 3.8) is 0 Å². The SMILES string of the molecule is CCOc1ccccc1N1C(=O)C(Nc2ccc(Cl)cc2C)=C(c2ccc(C)c(C)c2)C1=O. The monoisotopic (exact) mass is 460 g/mol. The highest BCUT2D eigenvalue weighted by molar-refractivity contribution is 6.46. The maximum Gasteiger partial charge on any atom is 0.282 e. The molecule has 6 heteroatoms. The molecule has 0 saturated carbocycles.